The Kier molecular flexibility index (Phi) is 5.49. The lowest BCUT2D eigenvalue weighted by Gasteiger charge is -2.04. The lowest BCUT2D eigenvalue weighted by atomic mass is 10.0. The predicted octanol–water partition coefficient (Wildman–Crippen LogP) is 2.45. The summed E-state index contributed by atoms with van der Waals surface area (Å²) in [5, 5.41) is 8.69. The van der Waals surface area contributed by atoms with Gasteiger partial charge in [-0.25, -0.2) is 0 Å². The minimum Gasteiger partial charge on any atom is -0.396 e. The third kappa shape index (κ3) is 3.19. The largest absolute Gasteiger partial charge is 0.396 e. The summed E-state index contributed by atoms with van der Waals surface area (Å²) < 4.78 is 0. The van der Waals surface area contributed by atoms with Crippen molar-refractivity contribution in [1.82, 2.24) is 0 Å². The van der Waals surface area contributed by atoms with Crippen LogP contribution in [0.5, 0.6) is 0 Å². The van der Waals surface area contributed by atoms with Crippen LogP contribution in [0.1, 0.15) is 19.8 Å². The molecule has 0 aromatic rings. The molecule has 0 aromatic heterocycles. The first-order chi connectivity index (χ1) is 5.29. The molecule has 1 N–H and O–H groups in total. The first-order valence-corrected chi connectivity index (χ1v) is 3.87. The molecular weight excluding hydrogens is 136 g/mol. The Balaban J connectivity index is 4.46. The summed E-state index contributed by atoms with van der Waals surface area (Å²) in [4.78, 5) is 0. The van der Waals surface area contributed by atoms with Gasteiger partial charge in [0.15, 0.2) is 0 Å². The van der Waals surface area contributed by atoms with Crippen molar-refractivity contribution >= 4 is 0 Å². The minimum absolute atomic E-state index is 0.179. The van der Waals surface area contributed by atoms with Gasteiger partial charge in [0.05, 0.1) is 0 Å². The van der Waals surface area contributed by atoms with E-state index in [0.29, 0.717) is 6.42 Å². The first kappa shape index (κ1) is 10.2. The second-order valence-corrected chi connectivity index (χ2v) is 2.29. The van der Waals surface area contributed by atoms with Crippen molar-refractivity contribution in [3.63, 3.8) is 0 Å². The Labute approximate surface area is 68.7 Å². The number of hydrogen-bond acceptors (Lipinski definition) is 1. The summed E-state index contributed by atoms with van der Waals surface area (Å²) in [7, 11) is 0. The third-order valence-corrected chi connectivity index (χ3v) is 1.67. The van der Waals surface area contributed by atoms with Crippen molar-refractivity contribution in [2.75, 3.05) is 6.61 Å². The van der Waals surface area contributed by atoms with Gasteiger partial charge in [-0.1, -0.05) is 32.2 Å². The lowest BCUT2D eigenvalue weighted by Crippen LogP contribution is -1.89. The molecule has 0 amide bonds. The van der Waals surface area contributed by atoms with E-state index in [4.69, 9.17) is 5.11 Å². The molecular formula is C10H16O. The van der Waals surface area contributed by atoms with Gasteiger partial charge in [0, 0.05) is 6.61 Å². The van der Waals surface area contributed by atoms with Crippen LogP contribution in [0.3, 0.4) is 0 Å². The maximum absolute atomic E-state index is 8.69. The van der Waals surface area contributed by atoms with Crippen molar-refractivity contribution in [1.29, 1.82) is 0 Å². The van der Waals surface area contributed by atoms with Crippen molar-refractivity contribution in [3.8, 4) is 0 Å². The maximum atomic E-state index is 8.69. The van der Waals surface area contributed by atoms with Gasteiger partial charge in [0.2, 0.25) is 0 Å². The van der Waals surface area contributed by atoms with E-state index in [1.807, 2.05) is 6.08 Å². The molecule has 0 unspecified atom stereocenters. The fourth-order valence-corrected chi connectivity index (χ4v) is 1.02. The number of hydrogen-bond donors (Lipinski definition) is 1. The first-order valence-electron chi connectivity index (χ1n) is 3.87. The molecule has 0 radical (unpaired) electrons. The highest BCUT2D eigenvalue weighted by Gasteiger charge is 1.96. The highest BCUT2D eigenvalue weighted by Crippen LogP contribution is 2.13. The van der Waals surface area contributed by atoms with Gasteiger partial charge in [-0.2, -0.15) is 0 Å². The lowest BCUT2D eigenvalue weighted by molar-refractivity contribution is 0.300. The van der Waals surface area contributed by atoms with Gasteiger partial charge in [0.1, 0.15) is 0 Å². The van der Waals surface area contributed by atoms with Crippen molar-refractivity contribution < 1.29 is 5.11 Å². The van der Waals surface area contributed by atoms with Gasteiger partial charge < -0.3 is 5.11 Å². The summed E-state index contributed by atoms with van der Waals surface area (Å²) >= 11 is 0. The van der Waals surface area contributed by atoms with Gasteiger partial charge in [-0.15, -0.1) is 0 Å². The Morgan fingerprint density at radius 3 is 2.09 bits per heavy atom. The second-order valence-electron chi connectivity index (χ2n) is 2.29. The van der Waals surface area contributed by atoms with E-state index in [2.05, 4.69) is 20.1 Å². The van der Waals surface area contributed by atoms with Crippen LogP contribution in [0.25, 0.3) is 0 Å². The number of rotatable bonds is 5. The van der Waals surface area contributed by atoms with E-state index in [1.165, 1.54) is 5.57 Å². The van der Waals surface area contributed by atoms with Crippen LogP contribution in [-0.2, 0) is 0 Å². The normalized spacial score (nSPS) is 12.2. The molecule has 0 saturated carbocycles. The molecule has 0 aliphatic heterocycles. The Bertz CT molecular complexity index is 166. The predicted molar refractivity (Wildman–Crippen MR) is 49.4 cm³/mol. The summed E-state index contributed by atoms with van der Waals surface area (Å²) in [6.07, 6.45) is 5.24. The quantitative estimate of drug-likeness (QED) is 0.600. The summed E-state index contributed by atoms with van der Waals surface area (Å²) in [5.74, 6) is 0. The van der Waals surface area contributed by atoms with Crippen molar-refractivity contribution in [2.24, 2.45) is 0 Å². The van der Waals surface area contributed by atoms with Gasteiger partial charge in [0.25, 0.3) is 0 Å². The van der Waals surface area contributed by atoms with Gasteiger partial charge in [-0.3, -0.25) is 0 Å². The molecule has 1 nitrogen and oxygen atoms in total. The smallest absolute Gasteiger partial charge is 0.0471 e. The van der Waals surface area contributed by atoms with Crippen LogP contribution in [0.4, 0.5) is 0 Å². The third-order valence-electron chi connectivity index (χ3n) is 1.67. The molecule has 0 saturated heterocycles. The topological polar surface area (TPSA) is 20.2 Å². The molecule has 11 heavy (non-hydrogen) atoms. The SMILES string of the molecule is C=C/C(CC)=C(\C=C)CCO. The van der Waals surface area contributed by atoms with Crippen LogP contribution >= 0.6 is 0 Å². The van der Waals surface area contributed by atoms with E-state index < -0.39 is 0 Å². The zero-order valence-corrected chi connectivity index (χ0v) is 7.14. The zero-order chi connectivity index (χ0) is 8.69. The molecule has 0 atom stereocenters. The molecule has 0 spiro atoms. The van der Waals surface area contributed by atoms with Crippen LogP contribution in [-0.4, -0.2) is 11.7 Å². The zero-order valence-electron chi connectivity index (χ0n) is 7.14. The average Bonchev–Trinajstić information content (AvgIpc) is 2.05. The fraction of sp³-hybridized carbons (Fsp3) is 0.400. The van der Waals surface area contributed by atoms with E-state index in [-0.39, 0.29) is 6.61 Å². The summed E-state index contributed by atoms with van der Waals surface area (Å²) in [5.41, 5.74) is 2.28. The standard InChI is InChI=1S/C10H16O/c1-4-9(5-2)10(6-3)7-8-11/h4,6,11H,1,3,5,7-8H2,2H3/b10-9-. The van der Waals surface area contributed by atoms with Crippen LogP contribution in [0.2, 0.25) is 0 Å². The highest BCUT2D eigenvalue weighted by molar-refractivity contribution is 5.30. The molecule has 0 heterocycles. The van der Waals surface area contributed by atoms with Gasteiger partial charge in [-0.05, 0) is 24.0 Å². The Morgan fingerprint density at radius 1 is 1.27 bits per heavy atom. The van der Waals surface area contributed by atoms with E-state index in [0.717, 1.165) is 12.0 Å². The average molecular weight is 152 g/mol. The fourth-order valence-electron chi connectivity index (χ4n) is 1.02. The summed E-state index contributed by atoms with van der Waals surface area (Å²) in [6, 6.07) is 0. The second kappa shape index (κ2) is 5.93. The maximum Gasteiger partial charge on any atom is 0.0471 e. The molecule has 62 valence electrons. The van der Waals surface area contributed by atoms with Crippen molar-refractivity contribution in [3.05, 3.63) is 36.5 Å². The highest BCUT2D eigenvalue weighted by atomic mass is 16.2. The van der Waals surface area contributed by atoms with E-state index in [1.54, 1.807) is 6.08 Å². The Hall–Kier alpha value is -0.820. The monoisotopic (exact) mass is 152 g/mol. The van der Waals surface area contributed by atoms with Crippen LogP contribution in [0, 0.1) is 0 Å². The van der Waals surface area contributed by atoms with Gasteiger partial charge >= 0.3 is 0 Å². The number of aliphatic hydroxyl groups excluding tert-OH is 1. The molecule has 0 fully saturated rings. The van der Waals surface area contributed by atoms with Crippen molar-refractivity contribution in [2.45, 2.75) is 19.8 Å². The van der Waals surface area contributed by atoms with Crippen LogP contribution < -0.4 is 0 Å². The van der Waals surface area contributed by atoms with Crippen LogP contribution in [0.15, 0.2) is 36.5 Å². The van der Waals surface area contributed by atoms with E-state index in [9.17, 15) is 0 Å². The van der Waals surface area contributed by atoms with E-state index >= 15 is 0 Å². The molecule has 0 bridgehead atoms. The molecule has 0 aromatic carbocycles. The Morgan fingerprint density at radius 2 is 1.82 bits per heavy atom. The molecule has 1 heteroatoms. The molecule has 0 aliphatic rings. The summed E-state index contributed by atoms with van der Waals surface area (Å²) in [6.45, 7) is 9.62. The number of aliphatic hydroxyl groups is 1. The molecule has 0 rings (SSSR count). The minimum atomic E-state index is 0.179. The molecule has 0 aliphatic carbocycles. The number of allylic oxidation sites excluding steroid dienone is 3.